The highest BCUT2D eigenvalue weighted by Gasteiger charge is 2.45. The first-order chi connectivity index (χ1) is 16.7. The maximum atomic E-state index is 14.2. The molecule has 0 spiro atoms. The third-order valence-electron chi connectivity index (χ3n) is 6.91. The molecule has 0 fully saturated rings. The van der Waals surface area contributed by atoms with Gasteiger partial charge in [-0.05, 0) is 30.7 Å². The fourth-order valence-corrected chi connectivity index (χ4v) is 5.18. The van der Waals surface area contributed by atoms with E-state index in [2.05, 4.69) is 5.10 Å². The summed E-state index contributed by atoms with van der Waals surface area (Å²) in [5.74, 6) is -1.26. The van der Waals surface area contributed by atoms with Crippen LogP contribution >= 0.6 is 0 Å². The molecule has 6 rings (SSSR count). The first kappa shape index (κ1) is 21.3. The number of cyclic esters (lactones) is 1. The largest absolute Gasteiger partial charge is 0.458 e. The molecule has 0 saturated carbocycles. The molecule has 178 valence electrons. The Balaban J connectivity index is 1.76. The van der Waals surface area contributed by atoms with Gasteiger partial charge >= 0.3 is 5.97 Å². The molecule has 1 aromatic carbocycles. The van der Waals surface area contributed by atoms with Gasteiger partial charge in [-0.3, -0.25) is 14.3 Å². The molecule has 1 atom stereocenters. The summed E-state index contributed by atoms with van der Waals surface area (Å²) in [6, 6.07) is 5.36. The van der Waals surface area contributed by atoms with E-state index in [1.54, 1.807) is 24.7 Å². The average Bonchev–Trinajstić information content (AvgIpc) is 3.37. The number of nitrogen functional groups attached to an aromatic ring is 1. The van der Waals surface area contributed by atoms with E-state index in [0.29, 0.717) is 16.9 Å². The van der Waals surface area contributed by atoms with Crippen molar-refractivity contribution >= 4 is 22.7 Å². The van der Waals surface area contributed by atoms with Crippen LogP contribution in [0.25, 0.3) is 27.8 Å². The zero-order valence-corrected chi connectivity index (χ0v) is 18.8. The minimum atomic E-state index is -2.01. The maximum Gasteiger partial charge on any atom is 0.343 e. The molecule has 4 aromatic rings. The van der Waals surface area contributed by atoms with Crippen LogP contribution in [-0.2, 0) is 35.3 Å². The molecule has 0 amide bonds. The molecule has 0 radical (unpaired) electrons. The number of anilines is 1. The first-order valence-electron chi connectivity index (χ1n) is 11.0. The summed E-state index contributed by atoms with van der Waals surface area (Å²) in [7, 11) is 1.69. The topological polar surface area (TPSA) is 134 Å². The number of aromatic nitrogens is 4. The highest BCUT2D eigenvalue weighted by Crippen LogP contribution is 2.39. The number of ether oxygens (including phenoxy) is 1. The Kier molecular flexibility index (Phi) is 4.19. The summed E-state index contributed by atoms with van der Waals surface area (Å²) >= 11 is 0. The van der Waals surface area contributed by atoms with Gasteiger partial charge in [0.15, 0.2) is 16.8 Å². The lowest BCUT2D eigenvalue weighted by molar-refractivity contribution is -0.172. The van der Waals surface area contributed by atoms with Crippen molar-refractivity contribution in [2.75, 3.05) is 5.73 Å². The number of rotatable bonds is 2. The average molecular weight is 477 g/mol. The van der Waals surface area contributed by atoms with Crippen LogP contribution in [0.3, 0.4) is 0 Å². The standard InChI is InChI=1S/C24H20FN5O5/c1-3-24(34)14-7-16-19-17(9-29(16)22(32)13(14)10-35-23(24)33)30(18-8-28(2)27-21(18)26)15-5-4-11(25)6-12(15)20(19)31/h4-8,34H,3,9-10H2,1-2H3,(H2,26,27)/t24-/m0/s1. The molecule has 2 aliphatic heterocycles. The minimum Gasteiger partial charge on any atom is -0.458 e. The van der Waals surface area contributed by atoms with Crippen LogP contribution in [0, 0.1) is 5.82 Å². The maximum absolute atomic E-state index is 14.2. The van der Waals surface area contributed by atoms with Crippen LogP contribution in [0.1, 0.15) is 30.2 Å². The van der Waals surface area contributed by atoms with Gasteiger partial charge in [-0.2, -0.15) is 5.10 Å². The second kappa shape index (κ2) is 6.89. The zero-order chi connectivity index (χ0) is 24.8. The van der Waals surface area contributed by atoms with Crippen molar-refractivity contribution in [2.45, 2.75) is 32.1 Å². The van der Waals surface area contributed by atoms with Gasteiger partial charge in [-0.25, -0.2) is 9.18 Å². The number of aliphatic hydroxyl groups is 1. The number of nitrogens with zero attached hydrogens (tertiary/aromatic N) is 4. The highest BCUT2D eigenvalue weighted by atomic mass is 19.1. The number of benzene rings is 1. The van der Waals surface area contributed by atoms with Gasteiger partial charge in [0.05, 0.1) is 40.8 Å². The van der Waals surface area contributed by atoms with E-state index in [9.17, 15) is 23.9 Å². The number of aryl methyl sites for hydroxylation is 1. The Morgan fingerprint density at radius 1 is 1.26 bits per heavy atom. The molecule has 0 aliphatic carbocycles. The first-order valence-corrected chi connectivity index (χ1v) is 11.0. The third-order valence-corrected chi connectivity index (χ3v) is 6.91. The number of halogens is 1. The summed E-state index contributed by atoms with van der Waals surface area (Å²) < 4.78 is 24.0. The van der Waals surface area contributed by atoms with E-state index in [1.165, 1.54) is 27.4 Å². The lowest BCUT2D eigenvalue weighted by Gasteiger charge is -2.31. The van der Waals surface area contributed by atoms with Crippen LogP contribution in [0.2, 0.25) is 0 Å². The molecule has 10 nitrogen and oxygen atoms in total. The van der Waals surface area contributed by atoms with Crippen molar-refractivity contribution in [3.63, 3.8) is 0 Å². The second-order valence-corrected chi connectivity index (χ2v) is 8.82. The molecular formula is C24H20FN5O5. The van der Waals surface area contributed by atoms with Crippen LogP contribution in [0.4, 0.5) is 10.2 Å². The molecule has 3 aromatic heterocycles. The lowest BCUT2D eigenvalue weighted by atomic mass is 9.86. The van der Waals surface area contributed by atoms with Crippen LogP contribution in [0.15, 0.2) is 40.1 Å². The van der Waals surface area contributed by atoms with Gasteiger partial charge in [0.2, 0.25) is 0 Å². The molecule has 5 heterocycles. The quantitative estimate of drug-likeness (QED) is 0.366. The lowest BCUT2D eigenvalue weighted by Crippen LogP contribution is -2.44. The third kappa shape index (κ3) is 2.66. The number of pyridine rings is 2. The number of hydrogen-bond donors (Lipinski definition) is 2. The van der Waals surface area contributed by atoms with E-state index < -0.39 is 28.4 Å². The van der Waals surface area contributed by atoms with Crippen molar-refractivity contribution in [1.82, 2.24) is 18.9 Å². The Bertz CT molecular complexity index is 1730. The summed E-state index contributed by atoms with van der Waals surface area (Å²) in [4.78, 5) is 39.6. The second-order valence-electron chi connectivity index (χ2n) is 8.82. The highest BCUT2D eigenvalue weighted by molar-refractivity contribution is 5.89. The number of esters is 1. The number of carbonyl (C=O) groups excluding carboxylic acids is 1. The van der Waals surface area contributed by atoms with E-state index >= 15 is 0 Å². The molecule has 2 aliphatic rings. The van der Waals surface area contributed by atoms with Gasteiger partial charge in [0, 0.05) is 18.0 Å². The molecule has 0 bridgehead atoms. The van der Waals surface area contributed by atoms with Gasteiger partial charge < -0.3 is 24.7 Å². The summed E-state index contributed by atoms with van der Waals surface area (Å²) in [5, 5.41) is 15.4. The number of nitrogens with two attached hydrogens (primary N) is 1. The van der Waals surface area contributed by atoms with E-state index in [4.69, 9.17) is 10.5 Å². The summed E-state index contributed by atoms with van der Waals surface area (Å²) in [6.07, 6.45) is 1.65. The zero-order valence-electron chi connectivity index (χ0n) is 18.8. The monoisotopic (exact) mass is 477 g/mol. The normalized spacial score (nSPS) is 18.3. The van der Waals surface area contributed by atoms with Gasteiger partial charge in [-0.1, -0.05) is 6.92 Å². The number of hydrogen-bond acceptors (Lipinski definition) is 7. The fraction of sp³-hybridized carbons (Fsp3) is 0.250. The Morgan fingerprint density at radius 2 is 2.03 bits per heavy atom. The molecule has 11 heteroatoms. The fourth-order valence-electron chi connectivity index (χ4n) is 5.18. The van der Waals surface area contributed by atoms with Crippen molar-refractivity contribution in [1.29, 1.82) is 0 Å². The van der Waals surface area contributed by atoms with Crippen molar-refractivity contribution in [3.8, 4) is 16.9 Å². The molecule has 35 heavy (non-hydrogen) atoms. The van der Waals surface area contributed by atoms with E-state index in [0.717, 1.165) is 6.07 Å². The van der Waals surface area contributed by atoms with Crippen molar-refractivity contribution < 1.29 is 19.0 Å². The van der Waals surface area contributed by atoms with Crippen molar-refractivity contribution in [3.05, 3.63) is 73.7 Å². The summed E-state index contributed by atoms with van der Waals surface area (Å²) in [5.41, 5.74) is 5.21. The van der Waals surface area contributed by atoms with Crippen LogP contribution < -0.4 is 16.7 Å². The van der Waals surface area contributed by atoms with E-state index in [-0.39, 0.29) is 53.2 Å². The van der Waals surface area contributed by atoms with Gasteiger partial charge in [0.1, 0.15) is 18.1 Å². The van der Waals surface area contributed by atoms with E-state index in [1.807, 2.05) is 0 Å². The Labute approximate surface area is 196 Å². The predicted octanol–water partition coefficient (Wildman–Crippen LogP) is 1.29. The molecule has 3 N–H and O–H groups in total. The van der Waals surface area contributed by atoms with Crippen LogP contribution in [-0.4, -0.2) is 30.0 Å². The number of fused-ring (bicyclic) bond motifs is 5. The number of carbonyl (C=O) groups is 1. The Morgan fingerprint density at radius 3 is 2.71 bits per heavy atom. The minimum absolute atomic E-state index is 0.0199. The Hall–Kier alpha value is -4.25. The summed E-state index contributed by atoms with van der Waals surface area (Å²) in [6.45, 7) is 1.34. The van der Waals surface area contributed by atoms with Crippen molar-refractivity contribution in [2.24, 2.45) is 7.05 Å². The molecule has 0 saturated heterocycles. The SMILES string of the molecule is CC[C@@]1(O)C(=O)OCc2c1cc1n(c2=O)Cc2c-1c(=O)c1cc(F)ccc1n2-c1cn(C)nc1N. The van der Waals surface area contributed by atoms with Gasteiger partial charge in [-0.15, -0.1) is 0 Å². The van der Waals surface area contributed by atoms with Gasteiger partial charge in [0.25, 0.3) is 5.56 Å². The molecule has 0 unspecified atom stereocenters. The molecular weight excluding hydrogens is 457 g/mol. The smallest absolute Gasteiger partial charge is 0.343 e. The predicted molar refractivity (Wildman–Crippen MR) is 123 cm³/mol. The van der Waals surface area contributed by atoms with Crippen LogP contribution in [0.5, 0.6) is 0 Å².